The van der Waals surface area contributed by atoms with Gasteiger partial charge in [-0.25, -0.2) is 0 Å². The Morgan fingerprint density at radius 1 is 1.28 bits per heavy atom. The minimum Gasteiger partial charge on any atom is -0.465 e. The van der Waals surface area contributed by atoms with E-state index in [1.165, 1.54) is 11.3 Å². The van der Waals surface area contributed by atoms with Crippen LogP contribution in [-0.2, 0) is 16.7 Å². The lowest BCUT2D eigenvalue weighted by molar-refractivity contribution is 0.0115. The maximum Gasteiger partial charge on any atom is 0.122 e. The van der Waals surface area contributed by atoms with Gasteiger partial charge in [-0.3, -0.25) is 10.00 Å². The highest BCUT2D eigenvalue weighted by Gasteiger charge is 2.25. The number of aryl methyl sites for hydroxylation is 1. The minimum atomic E-state index is 0.0647. The smallest absolute Gasteiger partial charge is 0.122 e. The van der Waals surface area contributed by atoms with Gasteiger partial charge in [0.15, 0.2) is 0 Å². The third kappa shape index (κ3) is 4.51. The van der Waals surface area contributed by atoms with Crippen molar-refractivity contribution in [1.29, 1.82) is 0 Å². The Hall–Kier alpha value is -1.63. The zero-order valence-corrected chi connectivity index (χ0v) is 15.8. The molecule has 1 atom stereocenters. The predicted octanol–water partition coefficient (Wildman–Crippen LogP) is 2.77. The standard InChI is InChI=1S/C19H30N4O2/c1-14-5-6-17(25-14)16(23-7-9-24-10-8-23)13-20-11-15-12-21-22-18(15)19(2,3)4/h5-6,12,16,20H,7-11,13H2,1-4H3,(H,21,22)/t16-/m0/s1. The summed E-state index contributed by atoms with van der Waals surface area (Å²) in [5.74, 6) is 1.98. The van der Waals surface area contributed by atoms with Crippen LogP contribution in [0.4, 0.5) is 0 Å². The van der Waals surface area contributed by atoms with E-state index in [4.69, 9.17) is 9.15 Å². The van der Waals surface area contributed by atoms with Gasteiger partial charge in [-0.15, -0.1) is 0 Å². The van der Waals surface area contributed by atoms with E-state index in [1.807, 2.05) is 19.2 Å². The summed E-state index contributed by atoms with van der Waals surface area (Å²) < 4.78 is 11.4. The lowest BCUT2D eigenvalue weighted by Crippen LogP contribution is -2.42. The normalized spacial score (nSPS) is 17.8. The Morgan fingerprint density at radius 3 is 2.68 bits per heavy atom. The molecule has 0 saturated carbocycles. The first kappa shape index (κ1) is 18.2. The van der Waals surface area contributed by atoms with E-state index >= 15 is 0 Å². The number of furan rings is 1. The zero-order chi connectivity index (χ0) is 17.9. The van der Waals surface area contributed by atoms with Crippen LogP contribution in [-0.4, -0.2) is 47.9 Å². The first-order valence-corrected chi connectivity index (χ1v) is 9.07. The second-order valence-electron chi connectivity index (χ2n) is 7.76. The molecular weight excluding hydrogens is 316 g/mol. The molecule has 0 radical (unpaired) electrons. The fraction of sp³-hybridized carbons (Fsp3) is 0.632. The van der Waals surface area contributed by atoms with Gasteiger partial charge in [-0.2, -0.15) is 5.10 Å². The van der Waals surface area contributed by atoms with Crippen molar-refractivity contribution in [1.82, 2.24) is 20.4 Å². The van der Waals surface area contributed by atoms with E-state index in [9.17, 15) is 0 Å². The maximum absolute atomic E-state index is 5.92. The molecule has 138 valence electrons. The molecule has 2 aromatic heterocycles. The third-order valence-corrected chi connectivity index (χ3v) is 4.70. The first-order chi connectivity index (χ1) is 11.9. The number of morpholine rings is 1. The summed E-state index contributed by atoms with van der Waals surface area (Å²) in [4.78, 5) is 2.44. The average molecular weight is 346 g/mol. The molecule has 2 N–H and O–H groups in total. The van der Waals surface area contributed by atoms with E-state index in [2.05, 4.69) is 47.3 Å². The third-order valence-electron chi connectivity index (χ3n) is 4.70. The molecule has 6 heteroatoms. The Morgan fingerprint density at radius 2 is 2.04 bits per heavy atom. The number of nitrogens with zero attached hydrogens (tertiary/aromatic N) is 2. The quantitative estimate of drug-likeness (QED) is 0.842. The van der Waals surface area contributed by atoms with Crippen molar-refractivity contribution in [3.63, 3.8) is 0 Å². The number of aromatic amines is 1. The largest absolute Gasteiger partial charge is 0.465 e. The van der Waals surface area contributed by atoms with Crippen molar-refractivity contribution in [2.75, 3.05) is 32.8 Å². The van der Waals surface area contributed by atoms with Crippen molar-refractivity contribution in [2.45, 2.75) is 45.7 Å². The van der Waals surface area contributed by atoms with E-state index in [0.29, 0.717) is 0 Å². The zero-order valence-electron chi connectivity index (χ0n) is 15.8. The lowest BCUT2D eigenvalue weighted by Gasteiger charge is -2.33. The SMILES string of the molecule is Cc1ccc([C@H](CNCc2cn[nH]c2C(C)(C)C)N2CCOCC2)o1. The summed E-state index contributed by atoms with van der Waals surface area (Å²) in [5, 5.41) is 11.0. The number of H-pyrrole nitrogens is 1. The van der Waals surface area contributed by atoms with Crippen molar-refractivity contribution in [2.24, 2.45) is 0 Å². The minimum absolute atomic E-state index is 0.0647. The van der Waals surface area contributed by atoms with Gasteiger partial charge < -0.3 is 14.5 Å². The van der Waals surface area contributed by atoms with Gasteiger partial charge in [0.2, 0.25) is 0 Å². The fourth-order valence-corrected chi connectivity index (χ4v) is 3.37. The van der Waals surface area contributed by atoms with Crippen molar-refractivity contribution in [3.05, 3.63) is 41.1 Å². The topological polar surface area (TPSA) is 66.3 Å². The molecule has 2 aromatic rings. The Balaban J connectivity index is 1.66. The van der Waals surface area contributed by atoms with Gasteiger partial charge >= 0.3 is 0 Å². The molecule has 1 aliphatic heterocycles. The molecule has 0 bridgehead atoms. The molecule has 1 fully saturated rings. The Kier molecular flexibility index (Phi) is 5.61. The average Bonchev–Trinajstić information content (AvgIpc) is 3.21. The van der Waals surface area contributed by atoms with Crippen molar-refractivity contribution >= 4 is 0 Å². The van der Waals surface area contributed by atoms with Gasteiger partial charge in [-0.1, -0.05) is 20.8 Å². The molecule has 25 heavy (non-hydrogen) atoms. The van der Waals surface area contributed by atoms with E-state index in [0.717, 1.165) is 50.9 Å². The number of nitrogens with one attached hydrogen (secondary N) is 2. The van der Waals surface area contributed by atoms with Crippen LogP contribution in [0.25, 0.3) is 0 Å². The molecule has 1 saturated heterocycles. The molecule has 0 aromatic carbocycles. The molecule has 0 aliphatic carbocycles. The molecule has 0 unspecified atom stereocenters. The summed E-state index contributed by atoms with van der Waals surface area (Å²) >= 11 is 0. The van der Waals surface area contributed by atoms with Gasteiger partial charge in [0.25, 0.3) is 0 Å². The van der Waals surface area contributed by atoms with Gasteiger partial charge in [0.1, 0.15) is 11.5 Å². The maximum atomic E-state index is 5.92. The van der Waals surface area contributed by atoms with Crippen LogP contribution >= 0.6 is 0 Å². The predicted molar refractivity (Wildman–Crippen MR) is 97.6 cm³/mol. The monoisotopic (exact) mass is 346 g/mol. The lowest BCUT2D eigenvalue weighted by atomic mass is 9.89. The highest BCUT2D eigenvalue weighted by Crippen LogP contribution is 2.25. The number of hydrogen-bond acceptors (Lipinski definition) is 5. The fourth-order valence-electron chi connectivity index (χ4n) is 3.37. The molecule has 0 amide bonds. The highest BCUT2D eigenvalue weighted by molar-refractivity contribution is 5.23. The van der Waals surface area contributed by atoms with Gasteiger partial charge in [0.05, 0.1) is 25.5 Å². The number of hydrogen-bond donors (Lipinski definition) is 2. The summed E-state index contributed by atoms with van der Waals surface area (Å²) in [6.07, 6.45) is 1.92. The van der Waals surface area contributed by atoms with Crippen LogP contribution in [0.2, 0.25) is 0 Å². The van der Waals surface area contributed by atoms with Gasteiger partial charge in [0, 0.05) is 42.9 Å². The Labute approximate surface area is 149 Å². The number of ether oxygens (including phenoxy) is 1. The second-order valence-corrected chi connectivity index (χ2v) is 7.76. The summed E-state index contributed by atoms with van der Waals surface area (Å²) in [6.45, 7) is 13.7. The van der Waals surface area contributed by atoms with Crippen LogP contribution in [0, 0.1) is 6.92 Å². The van der Waals surface area contributed by atoms with Crippen molar-refractivity contribution < 1.29 is 9.15 Å². The summed E-state index contributed by atoms with van der Waals surface area (Å²) in [5.41, 5.74) is 2.48. The molecule has 1 aliphatic rings. The van der Waals surface area contributed by atoms with Crippen LogP contribution in [0.5, 0.6) is 0 Å². The summed E-state index contributed by atoms with van der Waals surface area (Å²) in [6, 6.07) is 4.36. The van der Waals surface area contributed by atoms with E-state index in [1.54, 1.807) is 0 Å². The number of rotatable bonds is 6. The highest BCUT2D eigenvalue weighted by atomic mass is 16.5. The molecule has 6 nitrogen and oxygen atoms in total. The van der Waals surface area contributed by atoms with Crippen LogP contribution in [0.15, 0.2) is 22.7 Å². The molecule has 3 rings (SSSR count). The first-order valence-electron chi connectivity index (χ1n) is 9.07. The van der Waals surface area contributed by atoms with Gasteiger partial charge in [-0.05, 0) is 19.1 Å². The summed E-state index contributed by atoms with van der Waals surface area (Å²) in [7, 11) is 0. The second kappa shape index (κ2) is 7.72. The number of aromatic nitrogens is 2. The van der Waals surface area contributed by atoms with Crippen LogP contribution in [0.1, 0.15) is 49.6 Å². The van der Waals surface area contributed by atoms with E-state index < -0.39 is 0 Å². The molecule has 0 spiro atoms. The molecule has 3 heterocycles. The Bertz CT molecular complexity index is 665. The van der Waals surface area contributed by atoms with Crippen LogP contribution in [0.3, 0.4) is 0 Å². The van der Waals surface area contributed by atoms with Crippen LogP contribution < -0.4 is 5.32 Å². The molecular formula is C19H30N4O2. The van der Waals surface area contributed by atoms with Crippen molar-refractivity contribution in [3.8, 4) is 0 Å². The van der Waals surface area contributed by atoms with E-state index in [-0.39, 0.29) is 11.5 Å².